The smallest absolute Gasteiger partial charge is 0.245 e. The molecule has 0 aliphatic carbocycles. The van der Waals surface area contributed by atoms with E-state index >= 15 is 0 Å². The minimum absolute atomic E-state index is 0.0630. The topological polar surface area (TPSA) is 101 Å². The van der Waals surface area contributed by atoms with Crippen molar-refractivity contribution in [1.29, 1.82) is 0 Å². The molecule has 2 N–H and O–H groups in total. The van der Waals surface area contributed by atoms with E-state index < -0.39 is 0 Å². The first-order chi connectivity index (χ1) is 24.4. The molecule has 50 heavy (non-hydrogen) atoms. The van der Waals surface area contributed by atoms with E-state index in [1.165, 1.54) is 0 Å². The minimum atomic E-state index is -0.347. The summed E-state index contributed by atoms with van der Waals surface area (Å²) in [6.07, 6.45) is 3.67. The Kier molecular flexibility index (Phi) is 8.44. The Morgan fingerprint density at radius 3 is 1.66 bits per heavy atom. The molecule has 4 atom stereocenters. The number of rotatable bonds is 8. The summed E-state index contributed by atoms with van der Waals surface area (Å²) >= 11 is 0. The van der Waals surface area contributed by atoms with Crippen LogP contribution < -0.4 is 0 Å². The number of carbonyl (C=O) groups excluding carboxylic acids is 2. The number of aromatic amines is 2. The number of hydrogen-bond donors (Lipinski definition) is 2. The summed E-state index contributed by atoms with van der Waals surface area (Å²) in [6.45, 7) is 3.45. The zero-order valence-corrected chi connectivity index (χ0v) is 28.8. The molecular weight excluding hydrogens is 622 g/mol. The zero-order valence-electron chi connectivity index (χ0n) is 28.8. The first-order valence-electron chi connectivity index (χ1n) is 17.7. The molecule has 2 aromatic heterocycles. The van der Waals surface area contributed by atoms with Gasteiger partial charge in [-0.15, -0.1) is 0 Å². The van der Waals surface area contributed by atoms with Gasteiger partial charge in [0.05, 0.1) is 40.1 Å². The van der Waals surface area contributed by atoms with Crippen molar-refractivity contribution in [1.82, 2.24) is 34.6 Å². The summed E-state index contributed by atoms with van der Waals surface area (Å²) < 4.78 is 0. The van der Waals surface area contributed by atoms with Gasteiger partial charge in [-0.05, 0) is 93.2 Å². The molecule has 0 spiro atoms. The van der Waals surface area contributed by atoms with Crippen LogP contribution >= 0.6 is 0 Å². The molecule has 8 rings (SSSR count). The van der Waals surface area contributed by atoms with Crippen molar-refractivity contribution in [2.75, 3.05) is 27.2 Å². The Labute approximate surface area is 292 Å². The normalized spacial score (nSPS) is 19.1. The number of H-pyrrole nitrogens is 2. The number of hydrogen-bond acceptors (Lipinski definition) is 5. The van der Waals surface area contributed by atoms with Gasteiger partial charge in [0.2, 0.25) is 11.8 Å². The van der Waals surface area contributed by atoms with E-state index in [9.17, 15) is 9.59 Å². The molecule has 2 saturated heterocycles. The monoisotopic (exact) mass is 665 g/mol. The second kappa shape index (κ2) is 13.2. The molecule has 254 valence electrons. The second-order valence-electron chi connectivity index (χ2n) is 14.0. The van der Waals surface area contributed by atoms with Crippen molar-refractivity contribution < 1.29 is 9.59 Å². The first-order valence-corrected chi connectivity index (χ1v) is 17.7. The maximum atomic E-state index is 14.0. The van der Waals surface area contributed by atoms with Crippen LogP contribution in [-0.4, -0.2) is 73.6 Å². The second-order valence-corrected chi connectivity index (χ2v) is 14.0. The Morgan fingerprint density at radius 2 is 1.16 bits per heavy atom. The molecule has 0 saturated carbocycles. The van der Waals surface area contributed by atoms with Crippen LogP contribution in [0.3, 0.4) is 0 Å². The molecule has 9 nitrogen and oxygen atoms in total. The van der Waals surface area contributed by atoms with Crippen molar-refractivity contribution in [3.8, 4) is 11.1 Å². The van der Waals surface area contributed by atoms with Crippen LogP contribution in [0.15, 0.2) is 97.1 Å². The van der Waals surface area contributed by atoms with Gasteiger partial charge in [-0.3, -0.25) is 14.5 Å². The summed E-state index contributed by atoms with van der Waals surface area (Å²) in [5.41, 5.74) is 7.84. The third-order valence-electron chi connectivity index (χ3n) is 10.6. The highest BCUT2D eigenvalue weighted by molar-refractivity contribution is 5.88. The molecular formula is C41H43N7O2. The number of amides is 2. The molecule has 9 heteroatoms. The van der Waals surface area contributed by atoms with Crippen LogP contribution in [0.4, 0.5) is 0 Å². The fourth-order valence-corrected chi connectivity index (χ4v) is 7.95. The lowest BCUT2D eigenvalue weighted by Crippen LogP contribution is -2.40. The van der Waals surface area contributed by atoms with Gasteiger partial charge < -0.3 is 19.8 Å². The number of aromatic nitrogens is 4. The highest BCUT2D eigenvalue weighted by atomic mass is 16.2. The molecule has 0 unspecified atom stereocenters. The Morgan fingerprint density at radius 1 is 0.680 bits per heavy atom. The van der Waals surface area contributed by atoms with E-state index in [4.69, 9.17) is 9.97 Å². The van der Waals surface area contributed by atoms with Gasteiger partial charge in [0.25, 0.3) is 0 Å². The number of likely N-dealkylation sites (N-methyl/N-ethyl adjacent to an activating group) is 1. The maximum absolute atomic E-state index is 14.0. The molecule has 2 fully saturated rings. The molecule has 0 radical (unpaired) electrons. The van der Waals surface area contributed by atoms with Crippen molar-refractivity contribution in [2.24, 2.45) is 0 Å². The SMILES string of the molecule is C[C@@H](C(=O)N1CCC[C@H]1c1nc2ccc(-c3ccc4nc([C@@H]5CCCN5C(=O)[C@@H](c5ccccc5)N(C)C)[nH]c4c3)cc2[nH]1)c1ccccc1. The minimum Gasteiger partial charge on any atom is -0.340 e. The number of nitrogens with zero attached hydrogens (tertiary/aromatic N) is 5. The van der Waals surface area contributed by atoms with Crippen LogP contribution in [0.2, 0.25) is 0 Å². The van der Waals surface area contributed by atoms with Gasteiger partial charge in [-0.25, -0.2) is 9.97 Å². The summed E-state index contributed by atoms with van der Waals surface area (Å²) in [6, 6.07) is 32.1. The average Bonchev–Trinajstić information content (AvgIpc) is 3.96. The van der Waals surface area contributed by atoms with Gasteiger partial charge in [-0.2, -0.15) is 0 Å². The summed E-state index contributed by atoms with van der Waals surface area (Å²) in [5, 5.41) is 0. The number of imidazole rings is 2. The van der Waals surface area contributed by atoms with Gasteiger partial charge in [0, 0.05) is 13.1 Å². The predicted molar refractivity (Wildman–Crippen MR) is 196 cm³/mol. The van der Waals surface area contributed by atoms with Crippen LogP contribution in [0.25, 0.3) is 33.2 Å². The molecule has 4 aromatic carbocycles. The zero-order chi connectivity index (χ0) is 34.4. The van der Waals surface area contributed by atoms with Crippen LogP contribution in [0.5, 0.6) is 0 Å². The lowest BCUT2D eigenvalue weighted by atomic mass is 9.99. The van der Waals surface area contributed by atoms with Crippen molar-refractivity contribution >= 4 is 33.9 Å². The third kappa shape index (κ3) is 5.85. The fraction of sp³-hybridized carbons (Fsp3) is 0.317. The van der Waals surface area contributed by atoms with Crippen LogP contribution in [0, 0.1) is 0 Å². The Bertz CT molecular complexity index is 2160. The first kappa shape index (κ1) is 32.0. The van der Waals surface area contributed by atoms with E-state index in [2.05, 4.69) is 46.4 Å². The number of benzene rings is 4. The van der Waals surface area contributed by atoms with E-state index in [1.54, 1.807) is 0 Å². The molecule has 4 heterocycles. The molecule has 0 bridgehead atoms. The third-order valence-corrected chi connectivity index (χ3v) is 10.6. The number of likely N-dealkylation sites (tertiary alicyclic amines) is 2. The van der Waals surface area contributed by atoms with Crippen molar-refractivity contribution in [2.45, 2.75) is 56.7 Å². The standard InChI is InChI=1S/C41H43N7O2/c1-26(27-12-6-4-7-13-27)40(49)47-22-10-16-35(47)38-42-31-20-18-29(24-33(31)44-38)30-19-21-32-34(25-30)45-39(43-32)36-17-11-23-48(36)41(50)37(46(2)3)28-14-8-5-9-15-28/h4-9,12-15,18-21,24-26,35-37H,10-11,16-17,22-23H2,1-3H3,(H,42,44)(H,43,45)/t26-,35+,36+,37-/m1/s1. The number of fused-ring (bicyclic) bond motifs is 2. The average molecular weight is 666 g/mol. The summed E-state index contributed by atoms with van der Waals surface area (Å²) in [5.74, 6) is 1.72. The van der Waals surface area contributed by atoms with E-state index in [0.29, 0.717) is 6.54 Å². The Hall–Kier alpha value is -5.28. The Balaban J connectivity index is 1.03. The predicted octanol–water partition coefficient (Wildman–Crippen LogP) is 7.54. The van der Waals surface area contributed by atoms with Gasteiger partial charge in [-0.1, -0.05) is 72.8 Å². The van der Waals surface area contributed by atoms with Crippen molar-refractivity contribution in [3.05, 3.63) is 120 Å². The quantitative estimate of drug-likeness (QED) is 0.175. The van der Waals surface area contributed by atoms with Gasteiger partial charge in [0.15, 0.2) is 0 Å². The lowest BCUT2D eigenvalue weighted by molar-refractivity contribution is -0.137. The van der Waals surface area contributed by atoms with Crippen LogP contribution in [-0.2, 0) is 9.59 Å². The van der Waals surface area contributed by atoms with Crippen LogP contribution in [0.1, 0.15) is 79.4 Å². The fourth-order valence-electron chi connectivity index (χ4n) is 7.95. The molecule has 2 aliphatic rings. The van der Waals surface area contributed by atoms with Gasteiger partial charge in [0.1, 0.15) is 17.7 Å². The molecule has 6 aromatic rings. The van der Waals surface area contributed by atoms with E-state index in [-0.39, 0.29) is 35.9 Å². The summed E-state index contributed by atoms with van der Waals surface area (Å²) in [4.78, 5) is 50.6. The highest BCUT2D eigenvalue weighted by Gasteiger charge is 2.37. The molecule has 2 amide bonds. The molecule has 2 aliphatic heterocycles. The summed E-state index contributed by atoms with van der Waals surface area (Å²) in [7, 11) is 3.92. The van der Waals surface area contributed by atoms with Crippen molar-refractivity contribution in [3.63, 3.8) is 0 Å². The lowest BCUT2D eigenvalue weighted by Gasteiger charge is -2.31. The largest absolute Gasteiger partial charge is 0.340 e. The number of carbonyl (C=O) groups is 2. The maximum Gasteiger partial charge on any atom is 0.245 e. The van der Waals surface area contributed by atoms with E-state index in [1.807, 2.05) is 96.4 Å². The van der Waals surface area contributed by atoms with E-state index in [0.717, 1.165) is 88.2 Å². The number of nitrogens with one attached hydrogen (secondary N) is 2. The highest BCUT2D eigenvalue weighted by Crippen LogP contribution is 2.37. The van der Waals surface area contributed by atoms with Gasteiger partial charge >= 0.3 is 0 Å².